The lowest BCUT2D eigenvalue weighted by molar-refractivity contribution is -0.136. The van der Waals surface area contributed by atoms with Crippen LogP contribution in [0.15, 0.2) is 25.6 Å². The highest BCUT2D eigenvalue weighted by atomic mass is 79.9. The molecule has 0 bridgehead atoms. The monoisotopic (exact) mass is 442 g/mol. The van der Waals surface area contributed by atoms with Crippen LogP contribution < -0.4 is 10.6 Å². The van der Waals surface area contributed by atoms with Crippen LogP contribution in [0.4, 0.5) is 10.5 Å². The molecule has 1 rings (SSSR count). The standard InChI is InChI=1S/C10H9Br3N2O3/c11-5-3-6(12)9(7(13)4-5)15-10(18)14-2-1-8(16)17/h3-4H,1-2H2,(H,16,17)(H2,14,15,18). The van der Waals surface area contributed by atoms with Crippen LogP contribution in [-0.2, 0) is 4.79 Å². The summed E-state index contributed by atoms with van der Waals surface area (Å²) in [6, 6.07) is 3.12. The second-order valence-corrected chi connectivity index (χ2v) is 5.89. The van der Waals surface area contributed by atoms with Gasteiger partial charge in [0.2, 0.25) is 0 Å². The van der Waals surface area contributed by atoms with Crippen molar-refractivity contribution in [2.75, 3.05) is 11.9 Å². The van der Waals surface area contributed by atoms with E-state index in [2.05, 4.69) is 58.4 Å². The maximum atomic E-state index is 11.5. The number of amides is 2. The highest BCUT2D eigenvalue weighted by Crippen LogP contribution is 2.34. The molecule has 0 saturated heterocycles. The number of carboxylic acid groups (broad SMARTS) is 1. The molecule has 3 N–H and O–H groups in total. The van der Waals surface area contributed by atoms with Crippen LogP contribution in [0.1, 0.15) is 6.42 Å². The van der Waals surface area contributed by atoms with Crippen molar-refractivity contribution in [3.8, 4) is 0 Å². The van der Waals surface area contributed by atoms with E-state index in [0.717, 1.165) is 4.47 Å². The summed E-state index contributed by atoms with van der Waals surface area (Å²) >= 11 is 9.96. The number of carbonyl (C=O) groups is 2. The molecule has 18 heavy (non-hydrogen) atoms. The van der Waals surface area contributed by atoms with Gasteiger partial charge in [0, 0.05) is 20.0 Å². The summed E-state index contributed by atoms with van der Waals surface area (Å²) in [6.07, 6.45) is -0.115. The van der Waals surface area contributed by atoms with E-state index >= 15 is 0 Å². The molecule has 8 heteroatoms. The van der Waals surface area contributed by atoms with E-state index in [0.29, 0.717) is 14.6 Å². The first-order chi connectivity index (χ1) is 8.40. The van der Waals surface area contributed by atoms with Crippen molar-refractivity contribution in [3.05, 3.63) is 25.6 Å². The van der Waals surface area contributed by atoms with E-state index in [1.54, 1.807) is 12.1 Å². The Balaban J connectivity index is 2.62. The predicted molar refractivity (Wildman–Crippen MR) is 78.8 cm³/mol. The molecule has 1 aromatic rings. The zero-order valence-corrected chi connectivity index (χ0v) is 13.7. The van der Waals surface area contributed by atoms with E-state index in [1.807, 2.05) is 0 Å². The molecule has 0 aliphatic heterocycles. The van der Waals surface area contributed by atoms with E-state index in [-0.39, 0.29) is 13.0 Å². The number of carboxylic acids is 1. The minimum atomic E-state index is -0.957. The van der Waals surface area contributed by atoms with Crippen molar-refractivity contribution < 1.29 is 14.7 Å². The van der Waals surface area contributed by atoms with Crippen LogP contribution in [0.2, 0.25) is 0 Å². The highest BCUT2D eigenvalue weighted by Gasteiger charge is 2.10. The van der Waals surface area contributed by atoms with Gasteiger partial charge in [-0.2, -0.15) is 0 Å². The SMILES string of the molecule is O=C(O)CCNC(=O)Nc1c(Br)cc(Br)cc1Br. The fraction of sp³-hybridized carbons (Fsp3) is 0.200. The molecule has 0 unspecified atom stereocenters. The van der Waals surface area contributed by atoms with Crippen molar-refractivity contribution >= 4 is 65.5 Å². The lowest BCUT2D eigenvalue weighted by Crippen LogP contribution is -2.30. The molecule has 0 aromatic heterocycles. The fourth-order valence-electron chi connectivity index (χ4n) is 1.10. The van der Waals surface area contributed by atoms with Gasteiger partial charge in [-0.3, -0.25) is 4.79 Å². The quantitative estimate of drug-likeness (QED) is 0.664. The Labute approximate surface area is 129 Å². The topological polar surface area (TPSA) is 78.4 Å². The molecule has 0 aliphatic rings. The van der Waals surface area contributed by atoms with Crippen molar-refractivity contribution in [1.29, 1.82) is 0 Å². The van der Waals surface area contributed by atoms with Gasteiger partial charge in [-0.25, -0.2) is 4.79 Å². The molecule has 98 valence electrons. The Hall–Kier alpha value is -0.600. The number of urea groups is 1. The molecule has 0 spiro atoms. The molecular formula is C10H9Br3N2O3. The largest absolute Gasteiger partial charge is 0.481 e. The van der Waals surface area contributed by atoms with Gasteiger partial charge < -0.3 is 15.7 Å². The third-order valence-electron chi connectivity index (χ3n) is 1.87. The number of aliphatic carboxylic acids is 1. The summed E-state index contributed by atoms with van der Waals surface area (Å²) in [5.74, 6) is -0.957. The molecule has 0 fully saturated rings. The number of carbonyl (C=O) groups excluding carboxylic acids is 1. The van der Waals surface area contributed by atoms with Gasteiger partial charge in [-0.15, -0.1) is 0 Å². The fourth-order valence-corrected chi connectivity index (χ4v) is 3.56. The highest BCUT2D eigenvalue weighted by molar-refractivity contribution is 9.11. The third-order valence-corrected chi connectivity index (χ3v) is 3.58. The molecule has 0 saturated carbocycles. The number of hydrogen-bond acceptors (Lipinski definition) is 2. The first kappa shape index (κ1) is 15.5. The summed E-state index contributed by atoms with van der Waals surface area (Å²) in [7, 11) is 0. The average molecular weight is 445 g/mol. The minimum absolute atomic E-state index is 0.0763. The first-order valence-electron chi connectivity index (χ1n) is 4.81. The minimum Gasteiger partial charge on any atom is -0.481 e. The second kappa shape index (κ2) is 7.10. The number of nitrogens with one attached hydrogen (secondary N) is 2. The van der Waals surface area contributed by atoms with Crippen LogP contribution in [0, 0.1) is 0 Å². The van der Waals surface area contributed by atoms with Gasteiger partial charge >= 0.3 is 12.0 Å². The number of rotatable bonds is 4. The molecule has 0 atom stereocenters. The van der Waals surface area contributed by atoms with Crippen LogP contribution in [0.3, 0.4) is 0 Å². The van der Waals surface area contributed by atoms with Gasteiger partial charge in [0.25, 0.3) is 0 Å². The zero-order chi connectivity index (χ0) is 13.7. The van der Waals surface area contributed by atoms with Crippen molar-refractivity contribution in [1.82, 2.24) is 5.32 Å². The second-order valence-electron chi connectivity index (χ2n) is 3.27. The Morgan fingerprint density at radius 3 is 2.22 bits per heavy atom. The maximum absolute atomic E-state index is 11.5. The van der Waals surface area contributed by atoms with E-state index in [4.69, 9.17) is 5.11 Å². The molecule has 0 heterocycles. The normalized spacial score (nSPS) is 9.94. The van der Waals surface area contributed by atoms with Crippen LogP contribution in [0.5, 0.6) is 0 Å². The number of halogens is 3. The van der Waals surface area contributed by atoms with Gasteiger partial charge in [-0.1, -0.05) is 15.9 Å². The number of benzene rings is 1. The van der Waals surface area contributed by atoms with Gasteiger partial charge in [0.1, 0.15) is 0 Å². The maximum Gasteiger partial charge on any atom is 0.319 e. The summed E-state index contributed by atoms with van der Waals surface area (Å²) in [6.45, 7) is 0.0763. The van der Waals surface area contributed by atoms with E-state index < -0.39 is 12.0 Å². The van der Waals surface area contributed by atoms with E-state index in [9.17, 15) is 9.59 Å². The summed E-state index contributed by atoms with van der Waals surface area (Å²) < 4.78 is 2.27. The molecular weight excluding hydrogens is 436 g/mol. The Morgan fingerprint density at radius 2 is 1.72 bits per heavy atom. The first-order valence-corrected chi connectivity index (χ1v) is 7.19. The molecule has 5 nitrogen and oxygen atoms in total. The van der Waals surface area contributed by atoms with Crippen LogP contribution in [-0.4, -0.2) is 23.7 Å². The molecule has 0 radical (unpaired) electrons. The zero-order valence-electron chi connectivity index (χ0n) is 8.97. The van der Waals surface area contributed by atoms with Crippen LogP contribution in [0.25, 0.3) is 0 Å². The van der Waals surface area contributed by atoms with Crippen molar-refractivity contribution in [2.45, 2.75) is 6.42 Å². The summed E-state index contributed by atoms with van der Waals surface area (Å²) in [4.78, 5) is 21.8. The third kappa shape index (κ3) is 4.95. The smallest absolute Gasteiger partial charge is 0.319 e. The van der Waals surface area contributed by atoms with Crippen molar-refractivity contribution in [3.63, 3.8) is 0 Å². The van der Waals surface area contributed by atoms with Gasteiger partial charge in [-0.05, 0) is 44.0 Å². The summed E-state index contributed by atoms with van der Waals surface area (Å²) in [5.41, 5.74) is 0.575. The van der Waals surface area contributed by atoms with E-state index in [1.165, 1.54) is 0 Å². The Kier molecular flexibility index (Phi) is 6.10. The Bertz CT molecular complexity index is 456. The Morgan fingerprint density at radius 1 is 1.17 bits per heavy atom. The predicted octanol–water partition coefficient (Wildman–Crippen LogP) is 3.57. The number of hydrogen-bond donors (Lipinski definition) is 3. The van der Waals surface area contributed by atoms with Gasteiger partial charge in [0.15, 0.2) is 0 Å². The van der Waals surface area contributed by atoms with Crippen molar-refractivity contribution in [2.24, 2.45) is 0 Å². The lowest BCUT2D eigenvalue weighted by atomic mass is 10.3. The van der Waals surface area contributed by atoms with Gasteiger partial charge in [0.05, 0.1) is 12.1 Å². The molecule has 2 amide bonds. The average Bonchev–Trinajstić information content (AvgIpc) is 2.22. The van der Waals surface area contributed by atoms with Crippen LogP contribution >= 0.6 is 47.8 Å². The molecule has 0 aliphatic carbocycles. The lowest BCUT2D eigenvalue weighted by Gasteiger charge is -2.11. The number of anilines is 1. The molecule has 1 aromatic carbocycles. The summed E-state index contributed by atoms with van der Waals surface area (Å²) in [5, 5.41) is 13.5.